The topological polar surface area (TPSA) is 71.3 Å². The molecule has 2 unspecified atom stereocenters. The van der Waals surface area contributed by atoms with Crippen LogP contribution in [0.3, 0.4) is 0 Å². The summed E-state index contributed by atoms with van der Waals surface area (Å²) in [5.41, 5.74) is 1.67. The maximum absolute atomic E-state index is 11.5. The Balaban J connectivity index is 1.82. The van der Waals surface area contributed by atoms with Crippen molar-refractivity contribution < 1.29 is 4.92 Å². The zero-order chi connectivity index (χ0) is 15.1. The van der Waals surface area contributed by atoms with Crippen molar-refractivity contribution in [1.29, 1.82) is 0 Å². The third-order valence-electron chi connectivity index (χ3n) is 4.90. The van der Waals surface area contributed by atoms with E-state index in [4.69, 9.17) is 0 Å². The second-order valence-corrected chi connectivity index (χ2v) is 6.11. The van der Waals surface area contributed by atoms with Crippen molar-refractivity contribution in [2.45, 2.75) is 18.9 Å². The minimum Gasteiger partial charge on any atom is -0.365 e. The van der Waals surface area contributed by atoms with Gasteiger partial charge in [0.25, 0.3) is 0 Å². The van der Waals surface area contributed by atoms with E-state index in [9.17, 15) is 10.1 Å². The molecule has 0 spiro atoms. The number of rotatable bonds is 2. The quantitative estimate of drug-likeness (QED) is 0.680. The van der Waals surface area contributed by atoms with Gasteiger partial charge in [-0.15, -0.1) is 0 Å². The first-order valence-electron chi connectivity index (χ1n) is 7.74. The molecule has 3 heterocycles. The van der Waals surface area contributed by atoms with Gasteiger partial charge in [-0.05, 0) is 31.4 Å². The maximum atomic E-state index is 11.5. The molecule has 2 aromatic rings. The van der Waals surface area contributed by atoms with Gasteiger partial charge in [0.1, 0.15) is 11.9 Å². The minimum absolute atomic E-state index is 0.114. The predicted octanol–water partition coefficient (Wildman–Crippen LogP) is 2.33. The molecule has 0 aliphatic carbocycles. The Morgan fingerprint density at radius 1 is 1.32 bits per heavy atom. The highest BCUT2D eigenvalue weighted by Gasteiger charge is 2.35. The number of aromatic nitrogens is 1. The summed E-state index contributed by atoms with van der Waals surface area (Å²) in [5, 5.41) is 15.9. The van der Waals surface area contributed by atoms with Gasteiger partial charge in [0.05, 0.1) is 10.4 Å². The summed E-state index contributed by atoms with van der Waals surface area (Å²) < 4.78 is 0. The highest BCUT2D eigenvalue weighted by Crippen LogP contribution is 2.38. The second kappa shape index (κ2) is 5.21. The molecule has 2 fully saturated rings. The number of para-hydroxylation sites is 1. The molecule has 1 aromatic carbocycles. The Bertz CT molecular complexity index is 733. The van der Waals surface area contributed by atoms with E-state index in [1.807, 2.05) is 24.3 Å². The average Bonchev–Trinajstić information content (AvgIpc) is 3.01. The first-order valence-corrected chi connectivity index (χ1v) is 7.74. The Morgan fingerprint density at radius 2 is 2.18 bits per heavy atom. The molecule has 2 aliphatic heterocycles. The molecule has 2 atom stereocenters. The highest BCUT2D eigenvalue weighted by atomic mass is 16.6. The van der Waals surface area contributed by atoms with Crippen LogP contribution in [0.15, 0.2) is 30.5 Å². The summed E-state index contributed by atoms with van der Waals surface area (Å²) >= 11 is 0. The Hall–Kier alpha value is -2.21. The van der Waals surface area contributed by atoms with E-state index in [0.717, 1.165) is 49.1 Å². The molecule has 6 heteroatoms. The number of piperidine rings is 1. The van der Waals surface area contributed by atoms with Crippen LogP contribution in [0.1, 0.15) is 12.8 Å². The fourth-order valence-electron chi connectivity index (χ4n) is 3.83. The summed E-state index contributed by atoms with van der Waals surface area (Å²) in [5.74, 6) is 0.584. The van der Waals surface area contributed by atoms with Crippen molar-refractivity contribution in [1.82, 2.24) is 10.3 Å². The van der Waals surface area contributed by atoms with Crippen molar-refractivity contribution >= 4 is 22.3 Å². The molecule has 0 amide bonds. The van der Waals surface area contributed by atoms with E-state index >= 15 is 0 Å². The molecular formula is C16H18N4O2. The van der Waals surface area contributed by atoms with Crippen LogP contribution in [0.5, 0.6) is 0 Å². The van der Waals surface area contributed by atoms with Crippen LogP contribution in [0.2, 0.25) is 0 Å². The molecule has 0 saturated carbocycles. The lowest BCUT2D eigenvalue weighted by molar-refractivity contribution is -0.384. The van der Waals surface area contributed by atoms with E-state index < -0.39 is 0 Å². The first kappa shape index (κ1) is 13.5. The maximum Gasteiger partial charge on any atom is 0.311 e. The van der Waals surface area contributed by atoms with Gasteiger partial charge in [0.2, 0.25) is 0 Å². The standard InChI is InChI=1S/C16H18N4O2/c21-20(22)15-9-18-14-4-2-1-3-12(14)16(15)19-8-6-13-11(10-19)5-7-17-13/h1-4,9,11,13,17H,5-8,10H2. The molecule has 0 bridgehead atoms. The van der Waals surface area contributed by atoms with E-state index in [0.29, 0.717) is 12.0 Å². The number of hydrogen-bond acceptors (Lipinski definition) is 5. The third-order valence-corrected chi connectivity index (χ3v) is 4.90. The molecule has 4 rings (SSSR count). The SMILES string of the molecule is O=[N+]([O-])c1cnc2ccccc2c1N1CCC2NCCC2C1. The molecule has 2 aliphatic rings. The number of nitrogens with one attached hydrogen (secondary N) is 1. The van der Waals surface area contributed by atoms with Crippen LogP contribution in [0.4, 0.5) is 11.4 Å². The number of fused-ring (bicyclic) bond motifs is 2. The largest absolute Gasteiger partial charge is 0.365 e. The zero-order valence-electron chi connectivity index (χ0n) is 12.2. The van der Waals surface area contributed by atoms with Gasteiger partial charge in [0, 0.05) is 24.5 Å². The lowest BCUT2D eigenvalue weighted by atomic mass is 9.92. The Labute approximate surface area is 128 Å². The van der Waals surface area contributed by atoms with Gasteiger partial charge < -0.3 is 10.2 Å². The van der Waals surface area contributed by atoms with Gasteiger partial charge in [-0.25, -0.2) is 4.98 Å². The van der Waals surface area contributed by atoms with Crippen LogP contribution in [-0.4, -0.2) is 35.6 Å². The number of benzene rings is 1. The molecule has 0 radical (unpaired) electrons. The zero-order valence-corrected chi connectivity index (χ0v) is 12.2. The summed E-state index contributed by atoms with van der Waals surface area (Å²) in [7, 11) is 0. The number of pyridine rings is 1. The number of hydrogen-bond donors (Lipinski definition) is 1. The average molecular weight is 298 g/mol. The van der Waals surface area contributed by atoms with Crippen molar-refractivity contribution in [2.24, 2.45) is 5.92 Å². The molecule has 1 N–H and O–H groups in total. The van der Waals surface area contributed by atoms with Gasteiger partial charge in [-0.1, -0.05) is 18.2 Å². The van der Waals surface area contributed by atoms with Crippen LogP contribution >= 0.6 is 0 Å². The third kappa shape index (κ3) is 2.11. The highest BCUT2D eigenvalue weighted by molar-refractivity contribution is 5.96. The van der Waals surface area contributed by atoms with E-state index in [-0.39, 0.29) is 10.6 Å². The van der Waals surface area contributed by atoms with Gasteiger partial charge in [-0.3, -0.25) is 10.1 Å². The number of anilines is 1. The molecular weight excluding hydrogens is 280 g/mol. The molecule has 22 heavy (non-hydrogen) atoms. The van der Waals surface area contributed by atoms with E-state index in [1.165, 1.54) is 6.20 Å². The number of nitro groups is 1. The fourth-order valence-corrected chi connectivity index (χ4v) is 3.83. The van der Waals surface area contributed by atoms with Crippen molar-refractivity contribution in [3.05, 3.63) is 40.6 Å². The monoisotopic (exact) mass is 298 g/mol. The van der Waals surface area contributed by atoms with Crippen molar-refractivity contribution in [3.8, 4) is 0 Å². The summed E-state index contributed by atoms with van der Waals surface area (Å²) in [6.45, 7) is 2.79. The van der Waals surface area contributed by atoms with E-state index in [2.05, 4.69) is 15.2 Å². The molecule has 6 nitrogen and oxygen atoms in total. The first-order chi connectivity index (χ1) is 10.7. The van der Waals surface area contributed by atoms with Crippen LogP contribution < -0.4 is 10.2 Å². The molecule has 114 valence electrons. The smallest absolute Gasteiger partial charge is 0.311 e. The molecule has 2 saturated heterocycles. The second-order valence-electron chi connectivity index (χ2n) is 6.11. The van der Waals surface area contributed by atoms with Gasteiger partial charge >= 0.3 is 5.69 Å². The van der Waals surface area contributed by atoms with Crippen LogP contribution in [0.25, 0.3) is 10.9 Å². The summed E-state index contributed by atoms with van der Waals surface area (Å²) in [4.78, 5) is 17.6. The predicted molar refractivity (Wildman–Crippen MR) is 85.1 cm³/mol. The minimum atomic E-state index is -0.312. The normalized spacial score (nSPS) is 24.5. The Morgan fingerprint density at radius 3 is 3.05 bits per heavy atom. The van der Waals surface area contributed by atoms with E-state index in [1.54, 1.807) is 0 Å². The fraction of sp³-hybridized carbons (Fsp3) is 0.438. The van der Waals surface area contributed by atoms with Crippen LogP contribution in [0, 0.1) is 16.0 Å². The lowest BCUT2D eigenvalue weighted by Gasteiger charge is -2.36. The molecule has 1 aromatic heterocycles. The van der Waals surface area contributed by atoms with Crippen molar-refractivity contribution in [3.63, 3.8) is 0 Å². The van der Waals surface area contributed by atoms with Crippen LogP contribution in [-0.2, 0) is 0 Å². The lowest BCUT2D eigenvalue weighted by Crippen LogP contribution is -2.44. The summed E-state index contributed by atoms with van der Waals surface area (Å²) in [6.07, 6.45) is 3.59. The summed E-state index contributed by atoms with van der Waals surface area (Å²) in [6, 6.07) is 8.25. The van der Waals surface area contributed by atoms with Gasteiger partial charge in [-0.2, -0.15) is 0 Å². The van der Waals surface area contributed by atoms with Crippen molar-refractivity contribution in [2.75, 3.05) is 24.5 Å². The van der Waals surface area contributed by atoms with Gasteiger partial charge in [0.15, 0.2) is 0 Å². The Kier molecular flexibility index (Phi) is 3.18. The number of nitrogens with zero attached hydrogens (tertiary/aromatic N) is 3.